The van der Waals surface area contributed by atoms with Gasteiger partial charge in [0.2, 0.25) is 5.91 Å². The van der Waals surface area contributed by atoms with Crippen molar-refractivity contribution in [2.45, 2.75) is 13.3 Å². The van der Waals surface area contributed by atoms with Crippen molar-refractivity contribution in [1.82, 2.24) is 10.6 Å². The lowest BCUT2D eigenvalue weighted by molar-refractivity contribution is -0.115. The largest absolute Gasteiger partial charge is 0.383 e. The van der Waals surface area contributed by atoms with E-state index in [0.717, 1.165) is 6.54 Å². The molecule has 0 spiro atoms. The number of methoxy groups -OCH3 is 1. The van der Waals surface area contributed by atoms with E-state index in [-0.39, 0.29) is 11.8 Å². The molecule has 21 heavy (non-hydrogen) atoms. The Morgan fingerprint density at radius 1 is 1.19 bits per heavy atom. The number of amides is 2. The summed E-state index contributed by atoms with van der Waals surface area (Å²) in [6.07, 6.45) is 0.406. The molecule has 0 heterocycles. The first-order valence-electron chi connectivity index (χ1n) is 7.05. The average molecular weight is 293 g/mol. The van der Waals surface area contributed by atoms with Crippen LogP contribution < -0.4 is 16.0 Å². The molecule has 0 aromatic heterocycles. The van der Waals surface area contributed by atoms with Crippen LogP contribution in [0.4, 0.5) is 5.69 Å². The summed E-state index contributed by atoms with van der Waals surface area (Å²) in [4.78, 5) is 23.3. The van der Waals surface area contributed by atoms with Gasteiger partial charge in [-0.25, -0.2) is 0 Å². The predicted octanol–water partition coefficient (Wildman–Crippen LogP) is 1.00. The Hall–Kier alpha value is -1.92. The summed E-state index contributed by atoms with van der Waals surface area (Å²) in [6.45, 7) is 4.40. The number of anilines is 1. The Morgan fingerprint density at radius 2 is 2.00 bits per heavy atom. The van der Waals surface area contributed by atoms with Crippen LogP contribution in [0.1, 0.15) is 23.7 Å². The van der Waals surface area contributed by atoms with E-state index in [1.54, 1.807) is 38.3 Å². The molecule has 1 rings (SSSR count). The van der Waals surface area contributed by atoms with Crippen molar-refractivity contribution in [1.29, 1.82) is 0 Å². The second kappa shape index (κ2) is 9.90. The van der Waals surface area contributed by atoms with Gasteiger partial charge < -0.3 is 20.7 Å². The molecule has 1 aromatic rings. The highest BCUT2D eigenvalue weighted by molar-refractivity contribution is 5.97. The van der Waals surface area contributed by atoms with Crippen LogP contribution >= 0.6 is 0 Å². The van der Waals surface area contributed by atoms with Gasteiger partial charge in [-0.3, -0.25) is 9.59 Å². The Labute approximate surface area is 125 Å². The molecule has 0 fully saturated rings. The van der Waals surface area contributed by atoms with Crippen LogP contribution in [0.2, 0.25) is 0 Å². The monoisotopic (exact) mass is 293 g/mol. The molecule has 0 aliphatic carbocycles. The minimum absolute atomic E-state index is 0.0742. The van der Waals surface area contributed by atoms with Gasteiger partial charge >= 0.3 is 0 Å². The topological polar surface area (TPSA) is 79.5 Å². The van der Waals surface area contributed by atoms with E-state index in [1.165, 1.54) is 0 Å². The minimum Gasteiger partial charge on any atom is -0.383 e. The molecule has 6 nitrogen and oxygen atoms in total. The van der Waals surface area contributed by atoms with E-state index in [4.69, 9.17) is 4.74 Å². The molecule has 0 aliphatic heterocycles. The number of ether oxygens (including phenoxy) is 1. The summed E-state index contributed by atoms with van der Waals surface area (Å²) in [5.41, 5.74) is 1.16. The first-order valence-corrected chi connectivity index (χ1v) is 7.05. The molecule has 0 bridgehead atoms. The maximum Gasteiger partial charge on any atom is 0.251 e. The van der Waals surface area contributed by atoms with Gasteiger partial charge in [0.05, 0.1) is 6.61 Å². The second-order valence-electron chi connectivity index (χ2n) is 4.48. The maximum absolute atomic E-state index is 12.0. The lowest BCUT2D eigenvalue weighted by Crippen LogP contribution is -2.33. The lowest BCUT2D eigenvalue weighted by Gasteiger charge is -2.08. The highest BCUT2D eigenvalue weighted by atomic mass is 16.5. The van der Waals surface area contributed by atoms with E-state index in [1.807, 2.05) is 0 Å². The van der Waals surface area contributed by atoms with Gasteiger partial charge in [-0.2, -0.15) is 0 Å². The number of hydrogen-bond acceptors (Lipinski definition) is 4. The van der Waals surface area contributed by atoms with Crippen molar-refractivity contribution < 1.29 is 14.3 Å². The number of carbonyl (C=O) groups is 2. The normalized spacial score (nSPS) is 10.2. The fraction of sp³-hybridized carbons (Fsp3) is 0.467. The zero-order chi connectivity index (χ0) is 15.5. The molecule has 116 valence electrons. The molecule has 0 saturated heterocycles. The van der Waals surface area contributed by atoms with Crippen LogP contribution in [0.15, 0.2) is 24.3 Å². The van der Waals surface area contributed by atoms with Crippen LogP contribution in [0.25, 0.3) is 0 Å². The molecule has 2 amide bonds. The van der Waals surface area contributed by atoms with Crippen molar-refractivity contribution in [3.63, 3.8) is 0 Å². The Bertz CT molecular complexity index is 463. The quantitative estimate of drug-likeness (QED) is 0.594. The van der Waals surface area contributed by atoms with E-state index in [2.05, 4.69) is 16.0 Å². The molecule has 6 heteroatoms. The van der Waals surface area contributed by atoms with Gasteiger partial charge in [-0.1, -0.05) is 13.0 Å². The third-order valence-corrected chi connectivity index (χ3v) is 2.80. The fourth-order valence-electron chi connectivity index (χ4n) is 1.65. The number of carbonyl (C=O) groups excluding carboxylic acids is 2. The molecular weight excluding hydrogens is 270 g/mol. The summed E-state index contributed by atoms with van der Waals surface area (Å²) < 4.78 is 4.91. The Kier molecular flexibility index (Phi) is 8.08. The number of rotatable bonds is 9. The minimum atomic E-state index is -0.156. The van der Waals surface area contributed by atoms with Gasteiger partial charge in [0.1, 0.15) is 0 Å². The van der Waals surface area contributed by atoms with Gasteiger partial charge in [0.15, 0.2) is 0 Å². The van der Waals surface area contributed by atoms with Gasteiger partial charge in [0.25, 0.3) is 5.91 Å². The zero-order valence-electron chi connectivity index (χ0n) is 12.6. The van der Waals surface area contributed by atoms with Gasteiger partial charge in [-0.05, 0) is 18.2 Å². The van der Waals surface area contributed by atoms with Crippen molar-refractivity contribution in [2.75, 3.05) is 38.7 Å². The van der Waals surface area contributed by atoms with E-state index >= 15 is 0 Å². The number of benzene rings is 1. The maximum atomic E-state index is 12.0. The highest BCUT2D eigenvalue weighted by Crippen LogP contribution is 2.10. The van der Waals surface area contributed by atoms with E-state index in [0.29, 0.717) is 37.4 Å². The standard InChI is InChI=1S/C15H23N3O3/c1-3-14(19)18-13-6-4-5-12(11-13)15(20)17-8-7-16-9-10-21-2/h4-6,11,16H,3,7-10H2,1-2H3,(H,17,20)(H,18,19). The Balaban J connectivity index is 2.39. The van der Waals surface area contributed by atoms with Crippen LogP contribution in [-0.4, -0.2) is 45.2 Å². The first kappa shape index (κ1) is 17.1. The summed E-state index contributed by atoms with van der Waals surface area (Å²) in [6, 6.07) is 6.89. The third-order valence-electron chi connectivity index (χ3n) is 2.80. The molecule has 0 aliphatic rings. The van der Waals surface area contributed by atoms with Gasteiger partial charge in [-0.15, -0.1) is 0 Å². The zero-order valence-corrected chi connectivity index (χ0v) is 12.6. The first-order chi connectivity index (χ1) is 10.2. The average Bonchev–Trinajstić information content (AvgIpc) is 2.50. The summed E-state index contributed by atoms with van der Waals surface area (Å²) in [5, 5.41) is 8.69. The second-order valence-corrected chi connectivity index (χ2v) is 4.48. The number of nitrogens with one attached hydrogen (secondary N) is 3. The lowest BCUT2D eigenvalue weighted by atomic mass is 10.2. The summed E-state index contributed by atoms with van der Waals surface area (Å²) in [7, 11) is 1.65. The van der Waals surface area contributed by atoms with Crippen LogP contribution in [0, 0.1) is 0 Å². The molecular formula is C15H23N3O3. The van der Waals surface area contributed by atoms with Crippen LogP contribution in [0.5, 0.6) is 0 Å². The predicted molar refractivity (Wildman–Crippen MR) is 82.4 cm³/mol. The smallest absolute Gasteiger partial charge is 0.251 e. The molecule has 0 unspecified atom stereocenters. The van der Waals surface area contributed by atoms with Crippen LogP contribution in [0.3, 0.4) is 0 Å². The highest BCUT2D eigenvalue weighted by Gasteiger charge is 2.06. The van der Waals surface area contributed by atoms with Crippen molar-refractivity contribution >= 4 is 17.5 Å². The number of hydrogen-bond donors (Lipinski definition) is 3. The molecule has 0 saturated carbocycles. The van der Waals surface area contributed by atoms with Crippen molar-refractivity contribution in [3.05, 3.63) is 29.8 Å². The molecule has 0 radical (unpaired) electrons. The van der Waals surface area contributed by atoms with Crippen molar-refractivity contribution in [2.24, 2.45) is 0 Å². The third kappa shape index (κ3) is 6.87. The summed E-state index contributed by atoms with van der Waals surface area (Å²) in [5.74, 6) is -0.231. The SMILES string of the molecule is CCC(=O)Nc1cccc(C(=O)NCCNCCOC)c1. The fourth-order valence-corrected chi connectivity index (χ4v) is 1.65. The van der Waals surface area contributed by atoms with Crippen molar-refractivity contribution in [3.8, 4) is 0 Å². The summed E-state index contributed by atoms with van der Waals surface area (Å²) >= 11 is 0. The van der Waals surface area contributed by atoms with Crippen LogP contribution in [-0.2, 0) is 9.53 Å². The Morgan fingerprint density at radius 3 is 2.71 bits per heavy atom. The van der Waals surface area contributed by atoms with E-state index < -0.39 is 0 Å². The molecule has 3 N–H and O–H groups in total. The van der Waals surface area contributed by atoms with Gasteiger partial charge in [0, 0.05) is 44.4 Å². The van der Waals surface area contributed by atoms with E-state index in [9.17, 15) is 9.59 Å². The molecule has 1 aromatic carbocycles. The molecule has 0 atom stereocenters.